The number of non-ortho nitro benzene ring substituents is 2. The SMILES string of the molecule is Cc1cc([N+](=O)[O-])ccc1C(C(=O)O)C1CN(c2ccc([N+](=O)[O-])cc2C)c2ccc(Br)cc21. The molecule has 0 aromatic heterocycles. The van der Waals surface area contributed by atoms with Gasteiger partial charge in [0.05, 0.1) is 15.8 Å². The molecule has 1 aliphatic rings. The van der Waals surface area contributed by atoms with Crippen LogP contribution in [0.15, 0.2) is 59.1 Å². The van der Waals surface area contributed by atoms with E-state index in [1.807, 2.05) is 23.1 Å². The number of nitro groups is 2. The van der Waals surface area contributed by atoms with Crippen molar-refractivity contribution < 1.29 is 19.7 Å². The molecule has 0 fully saturated rings. The quantitative estimate of drug-likeness (QED) is 0.309. The lowest BCUT2D eigenvalue weighted by Crippen LogP contribution is -2.25. The van der Waals surface area contributed by atoms with Crippen LogP contribution in [0, 0.1) is 34.1 Å². The van der Waals surface area contributed by atoms with Crippen molar-refractivity contribution in [3.8, 4) is 0 Å². The second-order valence-corrected chi connectivity index (χ2v) is 9.18. The first-order valence-electron chi connectivity index (χ1n) is 10.4. The Kier molecular flexibility index (Phi) is 6.09. The summed E-state index contributed by atoms with van der Waals surface area (Å²) in [6.07, 6.45) is 0. The zero-order valence-electron chi connectivity index (χ0n) is 18.3. The molecule has 2 atom stereocenters. The van der Waals surface area contributed by atoms with Gasteiger partial charge < -0.3 is 10.0 Å². The van der Waals surface area contributed by atoms with Crippen molar-refractivity contribution in [2.75, 3.05) is 11.4 Å². The molecule has 1 heterocycles. The lowest BCUT2D eigenvalue weighted by atomic mass is 9.81. The standard InChI is InChI=1S/C24H20BrN3O6/c1-13-9-16(27(31)32)4-6-18(13)23(24(29)30)20-12-26(22-7-3-15(25)11-19(20)22)21-8-5-17(28(33)34)10-14(21)2/h3-11,20,23H,12H2,1-2H3,(H,29,30). The van der Waals surface area contributed by atoms with Crippen molar-refractivity contribution in [2.45, 2.75) is 25.7 Å². The molecule has 0 spiro atoms. The number of carboxylic acid groups (broad SMARTS) is 1. The Morgan fingerprint density at radius 1 is 0.971 bits per heavy atom. The van der Waals surface area contributed by atoms with Gasteiger partial charge in [-0.3, -0.25) is 25.0 Å². The molecular formula is C24H20BrN3O6. The molecule has 3 aromatic carbocycles. The summed E-state index contributed by atoms with van der Waals surface area (Å²) in [6, 6.07) is 14.5. The van der Waals surface area contributed by atoms with Crippen LogP contribution in [0.1, 0.15) is 34.1 Å². The Morgan fingerprint density at radius 3 is 2.12 bits per heavy atom. The third-order valence-corrected chi connectivity index (χ3v) is 6.70. The summed E-state index contributed by atoms with van der Waals surface area (Å²) in [6.45, 7) is 3.79. The summed E-state index contributed by atoms with van der Waals surface area (Å²) >= 11 is 3.47. The summed E-state index contributed by atoms with van der Waals surface area (Å²) in [5.41, 5.74) is 4.01. The monoisotopic (exact) mass is 525 g/mol. The van der Waals surface area contributed by atoms with E-state index in [1.165, 1.54) is 30.3 Å². The first kappa shape index (κ1) is 23.4. The number of anilines is 2. The molecule has 3 aromatic rings. The van der Waals surface area contributed by atoms with E-state index in [1.54, 1.807) is 19.9 Å². The molecule has 174 valence electrons. The molecule has 0 bridgehead atoms. The Hall–Kier alpha value is -3.79. The van der Waals surface area contributed by atoms with E-state index < -0.39 is 27.7 Å². The number of halogens is 1. The number of hydrogen-bond acceptors (Lipinski definition) is 6. The van der Waals surface area contributed by atoms with Crippen molar-refractivity contribution in [1.82, 2.24) is 0 Å². The molecule has 1 N–H and O–H groups in total. The number of nitrogens with zero attached hydrogens (tertiary/aromatic N) is 3. The Morgan fingerprint density at radius 2 is 1.56 bits per heavy atom. The van der Waals surface area contributed by atoms with E-state index in [0.717, 1.165) is 21.4 Å². The number of hydrogen-bond donors (Lipinski definition) is 1. The van der Waals surface area contributed by atoms with Crippen molar-refractivity contribution in [3.63, 3.8) is 0 Å². The molecular weight excluding hydrogens is 506 g/mol. The highest BCUT2D eigenvalue weighted by Gasteiger charge is 2.40. The summed E-state index contributed by atoms with van der Waals surface area (Å²) < 4.78 is 0.795. The number of carboxylic acids is 1. The van der Waals surface area contributed by atoms with E-state index in [-0.39, 0.29) is 11.4 Å². The highest BCUT2D eigenvalue weighted by atomic mass is 79.9. The van der Waals surface area contributed by atoms with Crippen molar-refractivity contribution >= 4 is 44.6 Å². The second kappa shape index (κ2) is 8.86. The number of benzene rings is 3. The van der Waals surface area contributed by atoms with Gasteiger partial charge in [-0.1, -0.05) is 22.0 Å². The smallest absolute Gasteiger partial charge is 0.311 e. The number of fused-ring (bicyclic) bond motifs is 1. The summed E-state index contributed by atoms with van der Waals surface area (Å²) in [7, 11) is 0. The molecule has 0 amide bonds. The van der Waals surface area contributed by atoms with E-state index in [9.17, 15) is 30.1 Å². The van der Waals surface area contributed by atoms with Gasteiger partial charge in [-0.25, -0.2) is 0 Å². The van der Waals surface area contributed by atoms with Gasteiger partial charge in [0.25, 0.3) is 11.4 Å². The number of rotatable bonds is 6. The largest absolute Gasteiger partial charge is 0.481 e. The fourth-order valence-electron chi connectivity index (χ4n) is 4.67. The van der Waals surface area contributed by atoms with E-state index in [2.05, 4.69) is 15.9 Å². The Labute approximate surface area is 203 Å². The Bertz CT molecular complexity index is 1340. The third kappa shape index (κ3) is 4.12. The lowest BCUT2D eigenvalue weighted by molar-refractivity contribution is -0.385. The molecule has 0 radical (unpaired) electrons. The topological polar surface area (TPSA) is 127 Å². The summed E-state index contributed by atoms with van der Waals surface area (Å²) in [5.74, 6) is -2.44. The van der Waals surface area contributed by atoms with Gasteiger partial charge >= 0.3 is 5.97 Å². The normalized spacial score (nSPS) is 15.6. The summed E-state index contributed by atoms with van der Waals surface area (Å²) in [5, 5.41) is 32.6. The fourth-order valence-corrected chi connectivity index (χ4v) is 5.05. The maximum atomic E-state index is 12.5. The van der Waals surface area contributed by atoms with Crippen molar-refractivity contribution in [2.24, 2.45) is 0 Å². The molecule has 0 aliphatic carbocycles. The minimum atomic E-state index is -1.03. The van der Waals surface area contributed by atoms with Crippen LogP contribution in [0.25, 0.3) is 0 Å². The maximum Gasteiger partial charge on any atom is 0.311 e. The first-order chi connectivity index (χ1) is 16.1. The van der Waals surface area contributed by atoms with E-state index in [0.29, 0.717) is 23.2 Å². The molecule has 2 unspecified atom stereocenters. The zero-order chi connectivity index (χ0) is 24.7. The highest BCUT2D eigenvalue weighted by Crippen LogP contribution is 2.49. The van der Waals surface area contributed by atoms with Crippen LogP contribution in [0.5, 0.6) is 0 Å². The van der Waals surface area contributed by atoms with Gasteiger partial charge in [0.2, 0.25) is 0 Å². The average molecular weight is 526 g/mol. The molecule has 9 nitrogen and oxygen atoms in total. The molecule has 0 saturated heterocycles. The second-order valence-electron chi connectivity index (χ2n) is 8.26. The minimum Gasteiger partial charge on any atom is -0.481 e. The predicted octanol–water partition coefficient (Wildman–Crippen LogP) is 5.99. The van der Waals surface area contributed by atoms with Gasteiger partial charge in [-0.2, -0.15) is 0 Å². The van der Waals surface area contributed by atoms with Gasteiger partial charge in [0.15, 0.2) is 0 Å². The third-order valence-electron chi connectivity index (χ3n) is 6.21. The van der Waals surface area contributed by atoms with Gasteiger partial charge in [-0.05, 0) is 60.4 Å². The van der Waals surface area contributed by atoms with E-state index >= 15 is 0 Å². The predicted molar refractivity (Wildman–Crippen MR) is 130 cm³/mol. The lowest BCUT2D eigenvalue weighted by Gasteiger charge is -2.25. The van der Waals surface area contributed by atoms with Crippen molar-refractivity contribution in [3.05, 3.63) is 102 Å². The molecule has 1 aliphatic heterocycles. The number of nitro benzene ring substituents is 2. The summed E-state index contributed by atoms with van der Waals surface area (Å²) in [4.78, 5) is 35.9. The zero-order valence-corrected chi connectivity index (χ0v) is 19.9. The van der Waals surface area contributed by atoms with Crippen molar-refractivity contribution in [1.29, 1.82) is 0 Å². The van der Waals surface area contributed by atoms with Gasteiger partial charge in [0, 0.05) is 52.6 Å². The van der Waals surface area contributed by atoms with Crippen LogP contribution < -0.4 is 4.90 Å². The van der Waals surface area contributed by atoms with Crippen LogP contribution in [0.3, 0.4) is 0 Å². The fraction of sp³-hybridized carbons (Fsp3) is 0.208. The van der Waals surface area contributed by atoms with Crippen LogP contribution in [-0.4, -0.2) is 27.5 Å². The van der Waals surface area contributed by atoms with Gasteiger partial charge in [-0.15, -0.1) is 0 Å². The van der Waals surface area contributed by atoms with Crippen LogP contribution in [-0.2, 0) is 4.79 Å². The highest BCUT2D eigenvalue weighted by molar-refractivity contribution is 9.10. The number of aryl methyl sites for hydroxylation is 2. The van der Waals surface area contributed by atoms with Crippen LogP contribution in [0.4, 0.5) is 22.7 Å². The number of carbonyl (C=O) groups is 1. The average Bonchev–Trinajstić information content (AvgIpc) is 3.12. The molecule has 0 saturated carbocycles. The minimum absolute atomic E-state index is 0.0158. The van der Waals surface area contributed by atoms with E-state index in [4.69, 9.17) is 0 Å². The first-order valence-corrected chi connectivity index (χ1v) is 11.2. The number of aliphatic carboxylic acids is 1. The molecule has 34 heavy (non-hydrogen) atoms. The maximum absolute atomic E-state index is 12.5. The van der Waals surface area contributed by atoms with Gasteiger partial charge in [0.1, 0.15) is 0 Å². The van der Waals surface area contributed by atoms with Crippen LogP contribution >= 0.6 is 15.9 Å². The molecule has 4 rings (SSSR count). The molecule has 10 heteroatoms. The Balaban J connectivity index is 1.83. The van der Waals surface area contributed by atoms with Crippen LogP contribution in [0.2, 0.25) is 0 Å².